The van der Waals surface area contributed by atoms with Crippen LogP contribution in [0.1, 0.15) is 56.5 Å². The monoisotopic (exact) mass is 426 g/mol. The van der Waals surface area contributed by atoms with Gasteiger partial charge in [-0.1, -0.05) is 18.2 Å². The maximum absolute atomic E-state index is 12.4. The van der Waals surface area contributed by atoms with E-state index in [-0.39, 0.29) is 29.0 Å². The lowest BCUT2D eigenvalue weighted by atomic mass is 10.1. The van der Waals surface area contributed by atoms with Crippen molar-refractivity contribution in [3.05, 3.63) is 28.9 Å². The molecule has 0 atom stereocenters. The minimum absolute atomic E-state index is 0.0162. The first-order valence-electron chi connectivity index (χ1n) is 9.25. The van der Waals surface area contributed by atoms with Crippen LogP contribution in [-0.4, -0.2) is 48.5 Å². The number of pyridine rings is 1. The molecule has 1 aromatic heterocycles. The Morgan fingerprint density at radius 2 is 2.00 bits per heavy atom. The highest BCUT2D eigenvalue weighted by molar-refractivity contribution is 6.29. The first-order chi connectivity index (χ1) is 13.5. The van der Waals surface area contributed by atoms with Crippen LogP contribution in [0.3, 0.4) is 0 Å². The summed E-state index contributed by atoms with van der Waals surface area (Å²) >= 11 is 6.11. The van der Waals surface area contributed by atoms with Gasteiger partial charge in [0.1, 0.15) is 28.7 Å². The topological polar surface area (TPSA) is 96.0 Å². The molecule has 9 heteroatoms. The van der Waals surface area contributed by atoms with Crippen molar-refractivity contribution >= 4 is 29.4 Å². The molecule has 0 aliphatic heterocycles. The van der Waals surface area contributed by atoms with Crippen LogP contribution in [0.2, 0.25) is 5.15 Å². The van der Waals surface area contributed by atoms with Gasteiger partial charge in [-0.3, -0.25) is 0 Å². The summed E-state index contributed by atoms with van der Waals surface area (Å²) in [6.07, 6.45) is 0.883. The van der Waals surface area contributed by atoms with Gasteiger partial charge in [-0.25, -0.2) is 14.6 Å². The number of carbonyl (C=O) groups is 2. The second kappa shape index (κ2) is 8.90. The number of rotatable bonds is 8. The highest BCUT2D eigenvalue weighted by atomic mass is 35.5. The first-order valence-corrected chi connectivity index (χ1v) is 9.63. The Morgan fingerprint density at radius 3 is 2.52 bits per heavy atom. The molecule has 1 saturated carbocycles. The summed E-state index contributed by atoms with van der Waals surface area (Å²) in [5.74, 6) is -0.433. The highest BCUT2D eigenvalue weighted by Crippen LogP contribution is 2.37. The van der Waals surface area contributed by atoms with Crippen LogP contribution in [0.15, 0.2) is 12.6 Å². The van der Waals surface area contributed by atoms with Crippen molar-refractivity contribution in [2.24, 2.45) is 0 Å². The van der Waals surface area contributed by atoms with E-state index in [1.165, 1.54) is 13.2 Å². The Bertz CT molecular complexity index is 799. The van der Waals surface area contributed by atoms with E-state index >= 15 is 0 Å². The highest BCUT2D eigenvalue weighted by Gasteiger charge is 2.46. The largest absolute Gasteiger partial charge is 0.494 e. The molecule has 0 spiro atoms. The van der Waals surface area contributed by atoms with Gasteiger partial charge in [0.2, 0.25) is 5.88 Å². The fraction of sp³-hybridized carbons (Fsp3) is 0.550. The van der Waals surface area contributed by atoms with E-state index in [9.17, 15) is 9.59 Å². The number of halogens is 1. The fourth-order valence-electron chi connectivity index (χ4n) is 2.55. The zero-order valence-corrected chi connectivity index (χ0v) is 18.1. The van der Waals surface area contributed by atoms with Crippen molar-refractivity contribution < 1.29 is 28.5 Å². The van der Waals surface area contributed by atoms with Crippen LogP contribution in [0.25, 0.3) is 5.76 Å². The molecule has 1 aliphatic carbocycles. The molecule has 1 aromatic rings. The minimum Gasteiger partial charge on any atom is -0.494 e. The Labute approximate surface area is 175 Å². The van der Waals surface area contributed by atoms with Crippen LogP contribution in [-0.2, 0) is 14.2 Å². The molecular weight excluding hydrogens is 400 g/mol. The zero-order valence-electron chi connectivity index (χ0n) is 17.4. The number of methoxy groups -OCH3 is 1. The average Bonchev–Trinajstić information content (AvgIpc) is 3.36. The molecule has 160 valence electrons. The molecule has 29 heavy (non-hydrogen) atoms. The van der Waals surface area contributed by atoms with Gasteiger partial charge in [0.25, 0.3) is 0 Å². The number of esters is 1. The summed E-state index contributed by atoms with van der Waals surface area (Å²) < 4.78 is 21.4. The van der Waals surface area contributed by atoms with E-state index in [2.05, 4.69) is 16.9 Å². The van der Waals surface area contributed by atoms with E-state index in [1.54, 1.807) is 27.7 Å². The number of nitrogens with one attached hydrogen (secondary N) is 1. The number of aromatic nitrogens is 1. The lowest BCUT2D eigenvalue weighted by Crippen LogP contribution is -2.44. The van der Waals surface area contributed by atoms with Crippen LogP contribution in [0.4, 0.5) is 4.79 Å². The molecule has 0 radical (unpaired) electrons. The van der Waals surface area contributed by atoms with Gasteiger partial charge in [-0.15, -0.1) is 0 Å². The molecule has 0 aromatic carbocycles. The van der Waals surface area contributed by atoms with E-state index in [4.69, 9.17) is 30.5 Å². The lowest BCUT2D eigenvalue weighted by molar-refractivity contribution is 0.0471. The molecule has 0 bridgehead atoms. The molecule has 1 aliphatic rings. The number of carbonyl (C=O) groups excluding carboxylic acids is 2. The van der Waals surface area contributed by atoms with Crippen molar-refractivity contribution in [3.63, 3.8) is 0 Å². The van der Waals surface area contributed by atoms with E-state index in [0.717, 1.165) is 0 Å². The Morgan fingerprint density at radius 1 is 1.34 bits per heavy atom. The smallest absolute Gasteiger partial charge is 0.408 e. The number of nitrogens with zero attached hydrogens (tertiary/aromatic N) is 1. The molecular formula is C20H27ClN2O6. The number of hydrogen-bond acceptors (Lipinski definition) is 7. The molecule has 1 fully saturated rings. The van der Waals surface area contributed by atoms with Gasteiger partial charge < -0.3 is 24.3 Å². The predicted octanol–water partition coefficient (Wildman–Crippen LogP) is 3.96. The van der Waals surface area contributed by atoms with E-state index < -0.39 is 23.2 Å². The summed E-state index contributed by atoms with van der Waals surface area (Å²) in [7, 11) is 1.25. The van der Waals surface area contributed by atoms with Crippen LogP contribution < -0.4 is 10.1 Å². The average molecular weight is 427 g/mol. The third kappa shape index (κ3) is 6.25. The molecule has 0 saturated heterocycles. The van der Waals surface area contributed by atoms with Crippen LogP contribution in [0, 0.1) is 0 Å². The second-order valence-electron chi connectivity index (χ2n) is 7.72. The van der Waals surface area contributed by atoms with Gasteiger partial charge >= 0.3 is 12.1 Å². The van der Waals surface area contributed by atoms with Gasteiger partial charge in [0.05, 0.1) is 19.3 Å². The summed E-state index contributed by atoms with van der Waals surface area (Å²) in [5, 5.41) is 2.93. The van der Waals surface area contributed by atoms with Crippen molar-refractivity contribution in [2.45, 2.75) is 51.7 Å². The number of ether oxygens (including phenoxy) is 4. The Kier molecular flexibility index (Phi) is 7.00. The first kappa shape index (κ1) is 22.8. The fourth-order valence-corrected chi connectivity index (χ4v) is 2.74. The number of amides is 1. The summed E-state index contributed by atoms with van der Waals surface area (Å²) in [5.41, 5.74) is -0.805. The Balaban J connectivity index is 2.23. The van der Waals surface area contributed by atoms with Crippen molar-refractivity contribution in [1.82, 2.24) is 10.3 Å². The molecule has 1 heterocycles. The van der Waals surface area contributed by atoms with Gasteiger partial charge in [-0.05, 0) is 46.6 Å². The summed E-state index contributed by atoms with van der Waals surface area (Å²) in [6, 6.07) is 1.46. The molecule has 2 rings (SSSR count). The van der Waals surface area contributed by atoms with Crippen molar-refractivity contribution in [2.75, 3.05) is 20.3 Å². The van der Waals surface area contributed by atoms with Gasteiger partial charge in [-0.2, -0.15) is 0 Å². The summed E-state index contributed by atoms with van der Waals surface area (Å²) in [6.45, 7) is 11.4. The number of hydrogen-bond donors (Lipinski definition) is 1. The van der Waals surface area contributed by atoms with Crippen LogP contribution >= 0.6 is 11.6 Å². The van der Waals surface area contributed by atoms with Gasteiger partial charge in [0.15, 0.2) is 0 Å². The maximum atomic E-state index is 12.4. The second-order valence-corrected chi connectivity index (χ2v) is 8.10. The third-order valence-electron chi connectivity index (χ3n) is 4.07. The maximum Gasteiger partial charge on any atom is 0.408 e. The zero-order chi connectivity index (χ0) is 21.8. The normalized spacial score (nSPS) is 14.6. The third-order valence-corrected chi connectivity index (χ3v) is 4.26. The molecule has 8 nitrogen and oxygen atoms in total. The minimum atomic E-state index is -0.662. The van der Waals surface area contributed by atoms with Crippen molar-refractivity contribution in [3.8, 4) is 5.88 Å². The predicted molar refractivity (Wildman–Crippen MR) is 108 cm³/mol. The quantitative estimate of drug-likeness (QED) is 0.381. The van der Waals surface area contributed by atoms with E-state index in [0.29, 0.717) is 25.0 Å². The molecule has 0 unspecified atom stereocenters. The summed E-state index contributed by atoms with van der Waals surface area (Å²) in [4.78, 5) is 28.6. The standard InChI is InChI=1S/C20H27ClN2O6/c1-7-27-12(2)13-10-14(21)22-16(15(13)17(24)26-6)28-11-20(8-9-20)23-18(25)29-19(3,4)5/h10H,2,7-9,11H2,1,3-6H3,(H,23,25). The molecule has 1 N–H and O–H groups in total. The SMILES string of the molecule is C=C(OCC)c1cc(Cl)nc(OCC2(NC(=O)OC(C)(C)C)CC2)c1C(=O)OC. The number of alkyl carbamates (subject to hydrolysis) is 1. The Hall–Kier alpha value is -2.48. The lowest BCUT2D eigenvalue weighted by Gasteiger charge is -2.24. The van der Waals surface area contributed by atoms with Crippen molar-refractivity contribution in [1.29, 1.82) is 0 Å². The van der Waals surface area contributed by atoms with Gasteiger partial charge in [0, 0.05) is 5.56 Å². The molecule has 1 amide bonds. The van der Waals surface area contributed by atoms with Crippen LogP contribution in [0.5, 0.6) is 5.88 Å². The van der Waals surface area contributed by atoms with E-state index in [1.807, 2.05) is 0 Å².